The number of likely N-dealkylation sites (tertiary alicyclic amines) is 1. The van der Waals surface area contributed by atoms with E-state index in [0.717, 1.165) is 49.1 Å². The second-order valence-electron chi connectivity index (χ2n) is 9.60. The van der Waals surface area contributed by atoms with Crippen molar-refractivity contribution in [1.82, 2.24) is 9.88 Å². The lowest BCUT2D eigenvalue weighted by Crippen LogP contribution is -2.42. The Bertz CT molecular complexity index is 1150. The highest BCUT2D eigenvalue weighted by Crippen LogP contribution is 2.36. The van der Waals surface area contributed by atoms with Crippen molar-refractivity contribution in [2.45, 2.75) is 49.4 Å². The molecule has 0 aliphatic carbocycles. The number of ether oxygens (including phenoxy) is 1. The third-order valence-electron chi connectivity index (χ3n) is 7.10. The number of carboxylic acid groups (broad SMARTS) is 1. The minimum atomic E-state index is -1.12. The minimum Gasteiger partial charge on any atom is -0.497 e. The molecule has 0 amide bonds. The highest BCUT2D eigenvalue weighted by molar-refractivity contribution is 8.01. The quantitative estimate of drug-likeness (QED) is 0.201. The molecule has 8 heteroatoms. The predicted molar refractivity (Wildman–Crippen MR) is 146 cm³/mol. The van der Waals surface area contributed by atoms with Crippen molar-refractivity contribution in [3.8, 4) is 5.75 Å². The molecule has 0 spiro atoms. The first-order chi connectivity index (χ1) is 17.4. The van der Waals surface area contributed by atoms with Crippen LogP contribution in [-0.2, 0) is 4.79 Å². The number of aromatic nitrogens is 1. The van der Waals surface area contributed by atoms with Gasteiger partial charge in [-0.25, -0.2) is 4.39 Å². The van der Waals surface area contributed by atoms with Crippen LogP contribution in [0.5, 0.6) is 5.75 Å². The minimum absolute atomic E-state index is 0.0605. The van der Waals surface area contributed by atoms with Gasteiger partial charge in [0.25, 0.3) is 0 Å². The number of aliphatic carboxylic acids is 1. The summed E-state index contributed by atoms with van der Waals surface area (Å²) in [5, 5.41) is 10.3. The number of nitrogens with zero attached hydrogens (tertiary/aromatic N) is 2. The number of pyridine rings is 1. The molecule has 3 atom stereocenters. The number of aryl methyl sites for hydroxylation is 1. The van der Waals surface area contributed by atoms with E-state index in [-0.39, 0.29) is 18.3 Å². The Hall–Kier alpha value is -2.16. The van der Waals surface area contributed by atoms with Crippen molar-refractivity contribution in [1.29, 1.82) is 0 Å². The number of halogens is 1. The third-order valence-corrected chi connectivity index (χ3v) is 9.41. The SMILES string of the molecule is COc1ccc2nccc([C@H](F)CC[C@@H]3CCN(CCCSc4ccc(C)s4)C[C@@H]3CC(=O)O)c2c1. The molecule has 1 fully saturated rings. The van der Waals surface area contributed by atoms with Crippen molar-refractivity contribution in [2.24, 2.45) is 11.8 Å². The molecule has 0 radical (unpaired) electrons. The van der Waals surface area contributed by atoms with Gasteiger partial charge in [0.15, 0.2) is 0 Å². The topological polar surface area (TPSA) is 62.7 Å². The van der Waals surface area contributed by atoms with Crippen LogP contribution >= 0.6 is 23.1 Å². The number of carboxylic acids is 1. The van der Waals surface area contributed by atoms with Gasteiger partial charge in [0, 0.05) is 35.2 Å². The molecule has 5 nitrogen and oxygen atoms in total. The number of alkyl halides is 1. The molecular formula is C28H35FN2O3S2. The summed E-state index contributed by atoms with van der Waals surface area (Å²) in [5.41, 5.74) is 1.38. The van der Waals surface area contributed by atoms with E-state index in [1.54, 1.807) is 19.4 Å². The van der Waals surface area contributed by atoms with Gasteiger partial charge in [0.05, 0.1) is 16.8 Å². The summed E-state index contributed by atoms with van der Waals surface area (Å²) in [7, 11) is 1.60. The summed E-state index contributed by atoms with van der Waals surface area (Å²) in [5.74, 6) is 1.27. The number of fused-ring (bicyclic) bond motifs is 1. The number of methoxy groups -OCH3 is 1. The Kier molecular flexibility index (Phi) is 9.62. The second kappa shape index (κ2) is 12.9. The fraction of sp³-hybridized carbons (Fsp3) is 0.500. The van der Waals surface area contributed by atoms with Crippen LogP contribution in [0.3, 0.4) is 0 Å². The highest BCUT2D eigenvalue weighted by atomic mass is 32.2. The monoisotopic (exact) mass is 530 g/mol. The first-order valence-electron chi connectivity index (χ1n) is 12.6. The van der Waals surface area contributed by atoms with Crippen molar-refractivity contribution < 1.29 is 19.0 Å². The van der Waals surface area contributed by atoms with E-state index in [1.165, 1.54) is 9.09 Å². The van der Waals surface area contributed by atoms with Gasteiger partial charge in [-0.05, 0) is 99.5 Å². The van der Waals surface area contributed by atoms with Crippen LogP contribution < -0.4 is 4.74 Å². The largest absolute Gasteiger partial charge is 0.497 e. The average Bonchev–Trinajstić information content (AvgIpc) is 3.29. The zero-order valence-corrected chi connectivity index (χ0v) is 22.6. The van der Waals surface area contributed by atoms with Gasteiger partial charge in [0.1, 0.15) is 11.9 Å². The lowest BCUT2D eigenvalue weighted by molar-refractivity contribution is -0.139. The molecular weight excluding hydrogens is 495 g/mol. The normalized spacial score (nSPS) is 19.4. The van der Waals surface area contributed by atoms with Crippen LogP contribution in [0.1, 0.15) is 48.7 Å². The summed E-state index contributed by atoms with van der Waals surface area (Å²) >= 11 is 3.73. The number of benzene rings is 1. The molecule has 1 N–H and O–H groups in total. The number of thioether (sulfide) groups is 1. The van der Waals surface area contributed by atoms with Gasteiger partial charge in [-0.1, -0.05) is 0 Å². The first-order valence-corrected chi connectivity index (χ1v) is 14.4. The Morgan fingerprint density at radius 3 is 2.92 bits per heavy atom. The summed E-state index contributed by atoms with van der Waals surface area (Å²) < 4.78 is 22.2. The maximum atomic E-state index is 15.5. The predicted octanol–water partition coefficient (Wildman–Crippen LogP) is 7.00. The Balaban J connectivity index is 1.31. The standard InChI is InChI=1S/C28H35FN2O3S2/c1-19-4-9-28(36-19)35-15-3-13-31-14-11-20(21(18-31)16-27(32)33)5-7-25(29)23-10-12-30-26-8-6-22(34-2)17-24(23)26/h4,6,8-10,12,17,20-21,25H,3,5,7,11,13-16,18H2,1-2H3,(H,32,33)/t20-,21+,25-/m1/s1. The number of hydrogen-bond acceptors (Lipinski definition) is 6. The van der Waals surface area contributed by atoms with Crippen LogP contribution in [0.25, 0.3) is 10.9 Å². The fourth-order valence-electron chi connectivity index (χ4n) is 5.21. The van der Waals surface area contributed by atoms with Gasteiger partial charge >= 0.3 is 5.97 Å². The van der Waals surface area contributed by atoms with E-state index < -0.39 is 12.1 Å². The summed E-state index contributed by atoms with van der Waals surface area (Å²) in [6, 6.07) is 11.6. The molecule has 194 valence electrons. The first kappa shape index (κ1) is 26.9. The number of rotatable bonds is 12. The van der Waals surface area contributed by atoms with Crippen LogP contribution in [0.15, 0.2) is 46.8 Å². The molecule has 1 aliphatic heterocycles. The molecule has 3 aromatic rings. The van der Waals surface area contributed by atoms with E-state index in [1.807, 2.05) is 41.3 Å². The van der Waals surface area contributed by atoms with Crippen LogP contribution in [0.4, 0.5) is 4.39 Å². The highest BCUT2D eigenvalue weighted by Gasteiger charge is 2.31. The lowest BCUT2D eigenvalue weighted by Gasteiger charge is -2.38. The van der Waals surface area contributed by atoms with Crippen LogP contribution in [-0.4, -0.2) is 53.5 Å². The molecule has 0 unspecified atom stereocenters. The van der Waals surface area contributed by atoms with Gasteiger partial charge in [-0.2, -0.15) is 0 Å². The van der Waals surface area contributed by atoms with Crippen molar-refractivity contribution in [3.05, 3.63) is 53.0 Å². The van der Waals surface area contributed by atoms with Crippen LogP contribution in [0, 0.1) is 18.8 Å². The number of carbonyl (C=O) groups is 1. The molecule has 3 heterocycles. The Morgan fingerprint density at radius 2 is 2.17 bits per heavy atom. The zero-order valence-electron chi connectivity index (χ0n) is 21.0. The van der Waals surface area contributed by atoms with E-state index in [0.29, 0.717) is 24.2 Å². The Labute approximate surface area is 221 Å². The van der Waals surface area contributed by atoms with E-state index >= 15 is 4.39 Å². The zero-order chi connectivity index (χ0) is 25.5. The maximum Gasteiger partial charge on any atom is 0.303 e. The number of hydrogen-bond donors (Lipinski definition) is 1. The molecule has 1 aromatic carbocycles. The van der Waals surface area contributed by atoms with Crippen molar-refractivity contribution in [3.63, 3.8) is 0 Å². The summed E-state index contributed by atoms with van der Waals surface area (Å²) in [6.45, 7) is 4.85. The van der Waals surface area contributed by atoms with E-state index in [2.05, 4.69) is 28.9 Å². The van der Waals surface area contributed by atoms with Crippen LogP contribution in [0.2, 0.25) is 0 Å². The van der Waals surface area contributed by atoms with Gasteiger partial charge in [0.2, 0.25) is 0 Å². The molecule has 0 saturated carbocycles. The lowest BCUT2D eigenvalue weighted by atomic mass is 9.79. The van der Waals surface area contributed by atoms with Gasteiger partial charge in [-0.15, -0.1) is 23.1 Å². The van der Waals surface area contributed by atoms with Crippen molar-refractivity contribution >= 4 is 40.0 Å². The third kappa shape index (κ3) is 7.20. The molecule has 36 heavy (non-hydrogen) atoms. The van der Waals surface area contributed by atoms with Crippen molar-refractivity contribution in [2.75, 3.05) is 32.5 Å². The van der Waals surface area contributed by atoms with E-state index in [9.17, 15) is 9.90 Å². The number of piperidine rings is 1. The van der Waals surface area contributed by atoms with Gasteiger partial charge in [-0.3, -0.25) is 9.78 Å². The maximum absolute atomic E-state index is 15.5. The number of thiophene rings is 1. The van der Waals surface area contributed by atoms with Gasteiger partial charge < -0.3 is 14.7 Å². The summed E-state index contributed by atoms with van der Waals surface area (Å²) in [4.78, 5) is 19.7. The molecule has 4 rings (SSSR count). The molecule has 2 aromatic heterocycles. The molecule has 0 bridgehead atoms. The second-order valence-corrected chi connectivity index (χ2v) is 12.3. The molecule has 1 saturated heterocycles. The Morgan fingerprint density at radius 1 is 1.31 bits per heavy atom. The molecule has 1 aliphatic rings. The fourth-order valence-corrected chi connectivity index (χ4v) is 7.32. The summed E-state index contributed by atoms with van der Waals surface area (Å²) in [6.07, 6.45) is 3.76. The van der Waals surface area contributed by atoms with E-state index in [4.69, 9.17) is 4.74 Å². The smallest absolute Gasteiger partial charge is 0.303 e. The average molecular weight is 531 g/mol.